The summed E-state index contributed by atoms with van der Waals surface area (Å²) in [6, 6.07) is 0. The van der Waals surface area contributed by atoms with E-state index in [1.165, 1.54) is 4.90 Å². The van der Waals surface area contributed by atoms with Crippen LogP contribution in [-0.4, -0.2) is 31.7 Å². The summed E-state index contributed by atoms with van der Waals surface area (Å²) in [5, 5.41) is 7.98. The second kappa shape index (κ2) is 10.9. The van der Waals surface area contributed by atoms with Crippen molar-refractivity contribution in [1.29, 1.82) is 0 Å². The average molecular weight is 310 g/mol. The van der Waals surface area contributed by atoms with Gasteiger partial charge in [0, 0.05) is 18.9 Å². The summed E-state index contributed by atoms with van der Waals surface area (Å²) in [5.74, 6) is -0.425. The number of aryl methyl sites for hydroxylation is 1. The molecule has 0 aliphatic carbocycles. The number of unbranched alkanes of at least 4 members (excludes halogenated alkanes) is 1. The molecule has 1 aromatic rings. The number of amides is 2. The van der Waals surface area contributed by atoms with Gasteiger partial charge in [-0.25, -0.2) is 0 Å². The van der Waals surface area contributed by atoms with Crippen molar-refractivity contribution in [1.82, 2.24) is 19.9 Å². The Morgan fingerprint density at radius 2 is 1.86 bits per heavy atom. The molecule has 1 unspecified atom stereocenters. The molecule has 0 radical (unpaired) electrons. The maximum absolute atomic E-state index is 11.7. The standard InChI is InChI=1S/C12H18N4O2.2C2H6/c1-3-4-5-15-7-10(13-14-15)8-16-11(17)6-9(2)12(16)18;2*1-2/h7,9H,3-6,8H2,1-2H3;2*1-2H3. The molecule has 6 nitrogen and oxygen atoms in total. The highest BCUT2D eigenvalue weighted by Crippen LogP contribution is 2.20. The highest BCUT2D eigenvalue weighted by molar-refractivity contribution is 6.03. The number of aromatic nitrogens is 3. The minimum atomic E-state index is -0.201. The van der Waals surface area contributed by atoms with Crippen LogP contribution in [-0.2, 0) is 22.7 Å². The molecule has 1 atom stereocenters. The zero-order valence-electron chi connectivity index (χ0n) is 14.8. The molecule has 0 spiro atoms. The Kier molecular flexibility index (Phi) is 10.1. The fourth-order valence-corrected chi connectivity index (χ4v) is 2.02. The maximum atomic E-state index is 11.7. The van der Waals surface area contributed by atoms with Crippen LogP contribution < -0.4 is 0 Å². The molecular formula is C16H30N4O2. The first-order valence-electron chi connectivity index (χ1n) is 8.35. The first-order chi connectivity index (χ1) is 10.6. The maximum Gasteiger partial charge on any atom is 0.232 e. The van der Waals surface area contributed by atoms with Crippen LogP contribution in [0.5, 0.6) is 0 Å². The Morgan fingerprint density at radius 3 is 2.36 bits per heavy atom. The lowest BCUT2D eigenvalue weighted by Gasteiger charge is -2.11. The van der Waals surface area contributed by atoms with E-state index < -0.39 is 0 Å². The summed E-state index contributed by atoms with van der Waals surface area (Å²) in [6.45, 7) is 13.0. The molecule has 6 heteroatoms. The fraction of sp³-hybridized carbons (Fsp3) is 0.750. The van der Waals surface area contributed by atoms with E-state index >= 15 is 0 Å². The van der Waals surface area contributed by atoms with Gasteiger partial charge in [-0.1, -0.05) is 53.2 Å². The molecule has 1 saturated heterocycles. The van der Waals surface area contributed by atoms with Crippen molar-refractivity contribution < 1.29 is 9.59 Å². The Hall–Kier alpha value is -1.72. The predicted octanol–water partition coefficient (Wildman–Crippen LogP) is 3.03. The van der Waals surface area contributed by atoms with Crippen molar-refractivity contribution in [2.75, 3.05) is 0 Å². The van der Waals surface area contributed by atoms with Crippen LogP contribution >= 0.6 is 0 Å². The lowest BCUT2D eigenvalue weighted by molar-refractivity contribution is -0.140. The second-order valence-corrected chi connectivity index (χ2v) is 4.75. The Labute approximate surface area is 133 Å². The van der Waals surface area contributed by atoms with Gasteiger partial charge in [-0.3, -0.25) is 19.2 Å². The Balaban J connectivity index is 0.00000102. The van der Waals surface area contributed by atoms with E-state index in [1.807, 2.05) is 27.7 Å². The van der Waals surface area contributed by atoms with Crippen LogP contribution in [0, 0.1) is 5.92 Å². The first-order valence-corrected chi connectivity index (χ1v) is 8.35. The third-order valence-corrected chi connectivity index (χ3v) is 3.12. The molecule has 0 saturated carbocycles. The molecule has 1 aliphatic heterocycles. The normalized spacial score (nSPS) is 16.8. The molecule has 0 N–H and O–H groups in total. The number of likely N-dealkylation sites (tertiary alicyclic amines) is 1. The molecule has 2 heterocycles. The smallest absolute Gasteiger partial charge is 0.232 e. The van der Waals surface area contributed by atoms with Gasteiger partial charge in [0.1, 0.15) is 5.69 Å². The van der Waals surface area contributed by atoms with Gasteiger partial charge in [0.2, 0.25) is 11.8 Å². The Morgan fingerprint density at radius 1 is 1.23 bits per heavy atom. The number of hydrogen-bond donors (Lipinski definition) is 0. The fourth-order valence-electron chi connectivity index (χ4n) is 2.02. The van der Waals surface area contributed by atoms with Gasteiger partial charge < -0.3 is 0 Å². The number of nitrogens with zero attached hydrogens (tertiary/aromatic N) is 4. The molecule has 22 heavy (non-hydrogen) atoms. The number of carbonyl (C=O) groups excluding carboxylic acids is 2. The zero-order valence-corrected chi connectivity index (χ0v) is 14.8. The van der Waals surface area contributed by atoms with Crippen LogP contribution in [0.2, 0.25) is 0 Å². The van der Waals surface area contributed by atoms with Gasteiger partial charge in [0.25, 0.3) is 0 Å². The summed E-state index contributed by atoms with van der Waals surface area (Å²) in [4.78, 5) is 24.7. The van der Waals surface area contributed by atoms with Crippen molar-refractivity contribution >= 4 is 11.8 Å². The average Bonchev–Trinajstić information content (AvgIpc) is 3.09. The monoisotopic (exact) mass is 310 g/mol. The van der Waals surface area contributed by atoms with Crippen molar-refractivity contribution in [3.63, 3.8) is 0 Å². The molecule has 0 bridgehead atoms. The van der Waals surface area contributed by atoms with Crippen LogP contribution in [0.4, 0.5) is 0 Å². The lowest BCUT2D eigenvalue weighted by atomic mass is 10.1. The van der Waals surface area contributed by atoms with E-state index in [0.29, 0.717) is 12.1 Å². The molecule has 0 aromatic carbocycles. The number of carbonyl (C=O) groups is 2. The van der Waals surface area contributed by atoms with Crippen molar-refractivity contribution in [3.05, 3.63) is 11.9 Å². The summed E-state index contributed by atoms with van der Waals surface area (Å²) >= 11 is 0. The van der Waals surface area contributed by atoms with Gasteiger partial charge in [-0.2, -0.15) is 0 Å². The third-order valence-electron chi connectivity index (χ3n) is 3.12. The van der Waals surface area contributed by atoms with Gasteiger partial charge in [0.15, 0.2) is 0 Å². The third kappa shape index (κ3) is 5.58. The van der Waals surface area contributed by atoms with Crippen molar-refractivity contribution in [2.24, 2.45) is 5.92 Å². The minimum absolute atomic E-state index is 0.108. The number of rotatable bonds is 5. The molecule has 2 rings (SSSR count). The predicted molar refractivity (Wildman–Crippen MR) is 87.0 cm³/mol. The summed E-state index contributed by atoms with van der Waals surface area (Å²) in [6.07, 6.45) is 4.25. The number of imide groups is 1. The van der Waals surface area contributed by atoms with Gasteiger partial charge in [0.05, 0.1) is 12.7 Å². The van der Waals surface area contributed by atoms with Gasteiger partial charge in [-0.05, 0) is 6.42 Å². The van der Waals surface area contributed by atoms with E-state index in [9.17, 15) is 9.59 Å². The summed E-state index contributed by atoms with van der Waals surface area (Å²) in [7, 11) is 0. The molecule has 1 aromatic heterocycles. The van der Waals surface area contributed by atoms with E-state index in [-0.39, 0.29) is 24.3 Å². The second-order valence-electron chi connectivity index (χ2n) is 4.75. The quantitative estimate of drug-likeness (QED) is 0.784. The van der Waals surface area contributed by atoms with Crippen molar-refractivity contribution in [2.45, 2.75) is 73.9 Å². The summed E-state index contributed by atoms with van der Waals surface area (Å²) < 4.78 is 1.76. The molecule has 126 valence electrons. The highest BCUT2D eigenvalue weighted by atomic mass is 16.2. The van der Waals surface area contributed by atoms with Crippen LogP contribution in [0.3, 0.4) is 0 Å². The first kappa shape index (κ1) is 20.3. The van der Waals surface area contributed by atoms with Crippen molar-refractivity contribution in [3.8, 4) is 0 Å². The minimum Gasteiger partial charge on any atom is -0.276 e. The van der Waals surface area contributed by atoms with Crippen LogP contribution in [0.1, 0.15) is 66.5 Å². The summed E-state index contributed by atoms with van der Waals surface area (Å²) in [5.41, 5.74) is 0.668. The topological polar surface area (TPSA) is 68.1 Å². The van der Waals surface area contributed by atoms with Gasteiger partial charge >= 0.3 is 0 Å². The largest absolute Gasteiger partial charge is 0.276 e. The van der Waals surface area contributed by atoms with Crippen LogP contribution in [0.15, 0.2) is 6.20 Å². The Bertz CT molecular complexity index is 457. The van der Waals surface area contributed by atoms with E-state index in [0.717, 1.165) is 19.4 Å². The molecule has 2 amide bonds. The zero-order chi connectivity index (χ0) is 17.1. The van der Waals surface area contributed by atoms with Gasteiger partial charge in [-0.15, -0.1) is 5.10 Å². The van der Waals surface area contributed by atoms with E-state index in [1.54, 1.807) is 17.8 Å². The molecule has 1 aliphatic rings. The SMILES string of the molecule is CC.CC.CCCCn1cc(CN2C(=O)CC(C)C2=O)nn1. The van der Waals surface area contributed by atoms with E-state index in [2.05, 4.69) is 17.2 Å². The van der Waals surface area contributed by atoms with E-state index in [4.69, 9.17) is 0 Å². The van der Waals surface area contributed by atoms with Crippen LogP contribution in [0.25, 0.3) is 0 Å². The molecule has 1 fully saturated rings. The number of hydrogen-bond acceptors (Lipinski definition) is 4. The lowest BCUT2D eigenvalue weighted by Crippen LogP contribution is -2.29. The highest BCUT2D eigenvalue weighted by Gasteiger charge is 2.35. The molecular weight excluding hydrogens is 280 g/mol.